The molecule has 3 heteroatoms. The molecule has 0 fully saturated rings. The van der Waals surface area contributed by atoms with E-state index in [1.165, 1.54) is 13.2 Å². The van der Waals surface area contributed by atoms with Crippen molar-refractivity contribution in [2.75, 3.05) is 7.11 Å². The number of hydrogen-bond acceptors (Lipinski definition) is 2. The Hall–Kier alpha value is -1.09. The predicted octanol–water partition coefficient (Wildman–Crippen LogP) is 3.17. The first-order valence-electron chi connectivity index (χ1n) is 6.07. The van der Waals surface area contributed by atoms with Gasteiger partial charge < -0.3 is 9.84 Å². The highest BCUT2D eigenvalue weighted by atomic mass is 19.1. The molecular weight excluding hydrogens is 219 g/mol. The van der Waals surface area contributed by atoms with Crippen molar-refractivity contribution in [1.29, 1.82) is 0 Å². The van der Waals surface area contributed by atoms with Gasteiger partial charge in [-0.25, -0.2) is 4.39 Å². The van der Waals surface area contributed by atoms with Crippen LogP contribution in [0.1, 0.15) is 32.3 Å². The average molecular weight is 240 g/mol. The maximum absolute atomic E-state index is 13.4. The lowest BCUT2D eigenvalue weighted by Gasteiger charge is -2.15. The number of ether oxygens (including phenoxy) is 1. The van der Waals surface area contributed by atoms with Crippen molar-refractivity contribution >= 4 is 0 Å². The van der Waals surface area contributed by atoms with Crippen LogP contribution in [0.4, 0.5) is 4.39 Å². The number of aliphatic hydroxyl groups excluding tert-OH is 1. The van der Waals surface area contributed by atoms with E-state index < -0.39 is 6.10 Å². The van der Waals surface area contributed by atoms with Crippen molar-refractivity contribution in [3.05, 3.63) is 29.6 Å². The van der Waals surface area contributed by atoms with Crippen LogP contribution in [-0.2, 0) is 6.42 Å². The Balaban J connectivity index is 2.59. The number of methoxy groups -OCH3 is 1. The quantitative estimate of drug-likeness (QED) is 0.827. The van der Waals surface area contributed by atoms with Crippen LogP contribution in [-0.4, -0.2) is 18.3 Å². The molecule has 0 aliphatic heterocycles. The summed E-state index contributed by atoms with van der Waals surface area (Å²) in [5, 5.41) is 9.87. The Morgan fingerprint density at radius 1 is 1.41 bits per heavy atom. The molecule has 2 unspecified atom stereocenters. The van der Waals surface area contributed by atoms with Gasteiger partial charge in [0.2, 0.25) is 0 Å². The fourth-order valence-corrected chi connectivity index (χ4v) is 1.82. The van der Waals surface area contributed by atoms with E-state index in [1.807, 2.05) is 0 Å². The second kappa shape index (κ2) is 6.60. The van der Waals surface area contributed by atoms with Gasteiger partial charge in [-0.3, -0.25) is 0 Å². The first-order valence-corrected chi connectivity index (χ1v) is 6.07. The van der Waals surface area contributed by atoms with Gasteiger partial charge in [0.05, 0.1) is 13.2 Å². The molecule has 0 saturated carbocycles. The molecule has 1 rings (SSSR count). The third-order valence-electron chi connectivity index (χ3n) is 3.06. The smallest absolute Gasteiger partial charge is 0.165 e. The van der Waals surface area contributed by atoms with E-state index in [4.69, 9.17) is 4.74 Å². The Kier molecular flexibility index (Phi) is 5.42. The van der Waals surface area contributed by atoms with E-state index >= 15 is 0 Å². The molecule has 1 aromatic rings. The molecule has 2 nitrogen and oxygen atoms in total. The Bertz CT molecular complexity index is 352. The summed E-state index contributed by atoms with van der Waals surface area (Å²) in [6.45, 7) is 4.21. The molecule has 2 atom stereocenters. The average Bonchev–Trinajstić information content (AvgIpc) is 2.29. The summed E-state index contributed by atoms with van der Waals surface area (Å²) in [5.41, 5.74) is 0.805. The first-order chi connectivity index (χ1) is 8.06. The predicted molar refractivity (Wildman–Crippen MR) is 66.7 cm³/mol. The Labute approximate surface area is 102 Å². The molecule has 0 bridgehead atoms. The summed E-state index contributed by atoms with van der Waals surface area (Å²) in [7, 11) is 1.44. The topological polar surface area (TPSA) is 29.5 Å². The summed E-state index contributed by atoms with van der Waals surface area (Å²) in [6, 6.07) is 4.82. The number of hydrogen-bond donors (Lipinski definition) is 1. The zero-order valence-corrected chi connectivity index (χ0v) is 10.7. The molecule has 0 heterocycles. The van der Waals surface area contributed by atoms with Crippen molar-refractivity contribution in [3.8, 4) is 5.75 Å². The van der Waals surface area contributed by atoms with Gasteiger partial charge in [-0.1, -0.05) is 26.3 Å². The highest BCUT2D eigenvalue weighted by Crippen LogP contribution is 2.20. The molecule has 96 valence electrons. The van der Waals surface area contributed by atoms with E-state index in [9.17, 15) is 9.50 Å². The van der Waals surface area contributed by atoms with Gasteiger partial charge in [-0.05, 0) is 36.5 Å². The molecule has 0 spiro atoms. The number of halogens is 1. The minimum Gasteiger partial charge on any atom is -0.494 e. The Morgan fingerprint density at radius 2 is 2.12 bits per heavy atom. The highest BCUT2D eigenvalue weighted by molar-refractivity contribution is 5.29. The van der Waals surface area contributed by atoms with E-state index in [1.54, 1.807) is 12.1 Å². The molecule has 0 radical (unpaired) electrons. The minimum absolute atomic E-state index is 0.241. The summed E-state index contributed by atoms with van der Waals surface area (Å²) >= 11 is 0. The van der Waals surface area contributed by atoms with E-state index in [0.717, 1.165) is 18.4 Å². The lowest BCUT2D eigenvalue weighted by molar-refractivity contribution is 0.144. The molecule has 17 heavy (non-hydrogen) atoms. The van der Waals surface area contributed by atoms with E-state index in [0.29, 0.717) is 12.3 Å². The lowest BCUT2D eigenvalue weighted by atomic mass is 9.96. The fraction of sp³-hybridized carbons (Fsp3) is 0.571. The molecular formula is C14H21FO2. The lowest BCUT2D eigenvalue weighted by Crippen LogP contribution is -2.14. The molecule has 1 aromatic carbocycles. The minimum atomic E-state index is -0.405. The van der Waals surface area contributed by atoms with Crippen molar-refractivity contribution in [3.63, 3.8) is 0 Å². The van der Waals surface area contributed by atoms with Crippen LogP contribution < -0.4 is 4.74 Å². The van der Waals surface area contributed by atoms with Crippen LogP contribution in [0.3, 0.4) is 0 Å². The second-order valence-electron chi connectivity index (χ2n) is 4.58. The fourth-order valence-electron chi connectivity index (χ4n) is 1.82. The summed E-state index contributed by atoms with van der Waals surface area (Å²) in [5.74, 6) is 0.360. The SMILES string of the molecule is CCC(C)CC(O)Cc1ccc(OC)c(F)c1. The molecule has 0 aliphatic carbocycles. The van der Waals surface area contributed by atoms with Gasteiger partial charge >= 0.3 is 0 Å². The highest BCUT2D eigenvalue weighted by Gasteiger charge is 2.11. The summed E-state index contributed by atoms with van der Waals surface area (Å²) in [4.78, 5) is 0. The van der Waals surface area contributed by atoms with Crippen LogP contribution in [0.15, 0.2) is 18.2 Å². The summed E-state index contributed by atoms with van der Waals surface area (Å²) < 4.78 is 18.3. The van der Waals surface area contributed by atoms with Gasteiger partial charge in [0, 0.05) is 0 Å². The molecule has 1 N–H and O–H groups in total. The molecule has 0 saturated heterocycles. The van der Waals surface area contributed by atoms with Crippen molar-refractivity contribution in [1.82, 2.24) is 0 Å². The second-order valence-corrected chi connectivity index (χ2v) is 4.58. The number of benzene rings is 1. The van der Waals surface area contributed by atoms with Crippen LogP contribution in [0, 0.1) is 11.7 Å². The number of aliphatic hydroxyl groups is 1. The Morgan fingerprint density at radius 3 is 2.65 bits per heavy atom. The number of rotatable bonds is 6. The van der Waals surface area contributed by atoms with Crippen molar-refractivity contribution in [2.45, 2.75) is 39.2 Å². The van der Waals surface area contributed by atoms with Gasteiger partial charge in [0.15, 0.2) is 11.6 Å². The van der Waals surface area contributed by atoms with Crippen LogP contribution >= 0.6 is 0 Å². The van der Waals surface area contributed by atoms with Gasteiger partial charge in [-0.15, -0.1) is 0 Å². The normalized spacial score (nSPS) is 14.4. The third-order valence-corrected chi connectivity index (χ3v) is 3.06. The van der Waals surface area contributed by atoms with Gasteiger partial charge in [0.1, 0.15) is 0 Å². The molecule has 0 amide bonds. The molecule has 0 aliphatic rings. The largest absolute Gasteiger partial charge is 0.494 e. The van der Waals surface area contributed by atoms with E-state index in [2.05, 4.69) is 13.8 Å². The van der Waals surface area contributed by atoms with Crippen LogP contribution in [0.25, 0.3) is 0 Å². The maximum atomic E-state index is 13.4. The zero-order valence-electron chi connectivity index (χ0n) is 10.7. The van der Waals surface area contributed by atoms with Crippen LogP contribution in [0.5, 0.6) is 5.75 Å². The van der Waals surface area contributed by atoms with Crippen molar-refractivity contribution < 1.29 is 14.2 Å². The molecule has 0 aromatic heterocycles. The van der Waals surface area contributed by atoms with E-state index in [-0.39, 0.29) is 11.6 Å². The van der Waals surface area contributed by atoms with Gasteiger partial charge in [0.25, 0.3) is 0 Å². The van der Waals surface area contributed by atoms with Crippen LogP contribution in [0.2, 0.25) is 0 Å². The maximum Gasteiger partial charge on any atom is 0.165 e. The summed E-state index contributed by atoms with van der Waals surface area (Å²) in [6.07, 6.45) is 1.89. The van der Waals surface area contributed by atoms with Crippen molar-refractivity contribution in [2.24, 2.45) is 5.92 Å². The monoisotopic (exact) mass is 240 g/mol. The first kappa shape index (κ1) is 14.0. The third kappa shape index (κ3) is 4.35. The standard InChI is InChI=1S/C14H21FO2/c1-4-10(2)7-12(16)8-11-5-6-14(17-3)13(15)9-11/h5-6,9-10,12,16H,4,7-8H2,1-3H3. The van der Waals surface area contributed by atoms with Gasteiger partial charge in [-0.2, -0.15) is 0 Å². The zero-order chi connectivity index (χ0) is 12.8.